The minimum atomic E-state index is -4.43. The Labute approximate surface area is 118 Å². The van der Waals surface area contributed by atoms with Gasteiger partial charge in [0.25, 0.3) is 0 Å². The van der Waals surface area contributed by atoms with Crippen LogP contribution in [0.15, 0.2) is 24.5 Å². The molecule has 0 saturated heterocycles. The third-order valence-corrected chi connectivity index (χ3v) is 2.52. The van der Waals surface area contributed by atoms with Crippen molar-refractivity contribution >= 4 is 11.8 Å². The summed E-state index contributed by atoms with van der Waals surface area (Å²) in [5.74, 6) is 0.0788. The molecule has 0 aliphatic heterocycles. The summed E-state index contributed by atoms with van der Waals surface area (Å²) < 4.78 is 41.3. The third kappa shape index (κ3) is 4.20. The van der Waals surface area contributed by atoms with Crippen LogP contribution < -0.4 is 16.2 Å². The van der Waals surface area contributed by atoms with E-state index in [1.165, 1.54) is 12.4 Å². The van der Waals surface area contributed by atoms with Crippen molar-refractivity contribution in [1.82, 2.24) is 15.0 Å². The molecule has 0 aliphatic rings. The van der Waals surface area contributed by atoms with E-state index in [-0.39, 0.29) is 24.1 Å². The van der Waals surface area contributed by atoms with Crippen molar-refractivity contribution in [3.05, 3.63) is 35.7 Å². The number of pyridine rings is 1. The molecule has 112 valence electrons. The highest BCUT2D eigenvalue weighted by atomic mass is 19.4. The molecule has 0 bridgehead atoms. The van der Waals surface area contributed by atoms with E-state index in [2.05, 4.69) is 15.0 Å². The number of aromatic nitrogens is 3. The molecular formula is C12H12F3N5O. The molecule has 4 N–H and O–H groups in total. The number of halogens is 3. The summed E-state index contributed by atoms with van der Waals surface area (Å²) in [5, 5.41) is 0. The number of hydrogen-bond donors (Lipinski definition) is 2. The van der Waals surface area contributed by atoms with Crippen LogP contribution in [0, 0.1) is 0 Å². The Kier molecular flexibility index (Phi) is 4.10. The summed E-state index contributed by atoms with van der Waals surface area (Å²) in [7, 11) is 0. The molecule has 0 fully saturated rings. The van der Waals surface area contributed by atoms with Crippen LogP contribution in [0.25, 0.3) is 0 Å². The number of nitrogens with two attached hydrogens (primary N) is 2. The Morgan fingerprint density at radius 1 is 1.14 bits per heavy atom. The van der Waals surface area contributed by atoms with Gasteiger partial charge in [-0.05, 0) is 6.07 Å². The zero-order valence-corrected chi connectivity index (χ0v) is 10.8. The normalized spacial score (nSPS) is 11.4. The van der Waals surface area contributed by atoms with Gasteiger partial charge in [0.1, 0.15) is 5.82 Å². The molecular weight excluding hydrogens is 287 g/mol. The van der Waals surface area contributed by atoms with E-state index >= 15 is 0 Å². The fourth-order valence-corrected chi connectivity index (χ4v) is 1.61. The number of alkyl halides is 3. The van der Waals surface area contributed by atoms with E-state index in [4.69, 9.17) is 16.2 Å². The van der Waals surface area contributed by atoms with Gasteiger partial charge in [-0.2, -0.15) is 18.2 Å². The van der Waals surface area contributed by atoms with Gasteiger partial charge < -0.3 is 16.2 Å². The number of nitrogens with zero attached hydrogens (tertiary/aromatic N) is 3. The maximum absolute atomic E-state index is 12.2. The van der Waals surface area contributed by atoms with Gasteiger partial charge in [-0.25, -0.2) is 9.97 Å². The van der Waals surface area contributed by atoms with Crippen LogP contribution in [0.1, 0.15) is 11.1 Å². The molecule has 2 rings (SSSR count). The lowest BCUT2D eigenvalue weighted by atomic mass is 10.1. The van der Waals surface area contributed by atoms with Crippen LogP contribution in [0.5, 0.6) is 5.88 Å². The number of nitrogen functional groups attached to an aromatic ring is 2. The summed E-state index contributed by atoms with van der Waals surface area (Å²) in [5.41, 5.74) is 12.0. The lowest BCUT2D eigenvalue weighted by molar-refractivity contribution is -0.154. The van der Waals surface area contributed by atoms with Gasteiger partial charge in [-0.1, -0.05) is 6.07 Å². The number of ether oxygens (including phenoxy) is 1. The lowest BCUT2D eigenvalue weighted by Gasteiger charge is -2.12. The Morgan fingerprint density at radius 2 is 1.90 bits per heavy atom. The minimum absolute atomic E-state index is 0.0241. The molecule has 0 aliphatic carbocycles. The first-order valence-corrected chi connectivity index (χ1v) is 5.85. The largest absolute Gasteiger partial charge is 0.468 e. The van der Waals surface area contributed by atoms with Crippen molar-refractivity contribution in [1.29, 1.82) is 0 Å². The second-order valence-electron chi connectivity index (χ2n) is 4.19. The Hall–Kier alpha value is -2.58. The van der Waals surface area contributed by atoms with E-state index in [9.17, 15) is 13.2 Å². The van der Waals surface area contributed by atoms with Crippen LogP contribution in [-0.2, 0) is 6.42 Å². The summed E-state index contributed by atoms with van der Waals surface area (Å²) in [4.78, 5) is 11.4. The number of anilines is 2. The smallest absolute Gasteiger partial charge is 0.422 e. The molecule has 0 spiro atoms. The molecule has 2 aromatic rings. The average Bonchev–Trinajstić information content (AvgIpc) is 2.40. The van der Waals surface area contributed by atoms with Gasteiger partial charge in [0.05, 0.1) is 0 Å². The van der Waals surface area contributed by atoms with E-state index in [0.29, 0.717) is 11.1 Å². The highest BCUT2D eigenvalue weighted by Gasteiger charge is 2.29. The van der Waals surface area contributed by atoms with Crippen molar-refractivity contribution in [2.24, 2.45) is 0 Å². The first-order valence-electron chi connectivity index (χ1n) is 5.85. The van der Waals surface area contributed by atoms with Crippen molar-refractivity contribution in [2.45, 2.75) is 12.6 Å². The quantitative estimate of drug-likeness (QED) is 0.888. The molecule has 0 atom stereocenters. The maximum Gasteiger partial charge on any atom is 0.422 e. The van der Waals surface area contributed by atoms with Crippen LogP contribution in [0.3, 0.4) is 0 Å². The fourth-order valence-electron chi connectivity index (χ4n) is 1.61. The molecule has 0 amide bonds. The van der Waals surface area contributed by atoms with Crippen molar-refractivity contribution in [2.75, 3.05) is 18.1 Å². The van der Waals surface area contributed by atoms with Gasteiger partial charge in [0.2, 0.25) is 11.8 Å². The van der Waals surface area contributed by atoms with Crippen molar-refractivity contribution in [3.63, 3.8) is 0 Å². The zero-order chi connectivity index (χ0) is 15.5. The predicted molar refractivity (Wildman–Crippen MR) is 69.4 cm³/mol. The summed E-state index contributed by atoms with van der Waals surface area (Å²) >= 11 is 0. The van der Waals surface area contributed by atoms with Crippen LogP contribution in [-0.4, -0.2) is 27.7 Å². The van der Waals surface area contributed by atoms with Crippen molar-refractivity contribution < 1.29 is 17.9 Å². The highest BCUT2D eigenvalue weighted by molar-refractivity contribution is 5.45. The second-order valence-corrected chi connectivity index (χ2v) is 4.19. The predicted octanol–water partition coefficient (Wildman–Crippen LogP) is 1.57. The molecule has 0 radical (unpaired) electrons. The van der Waals surface area contributed by atoms with E-state index in [1.807, 2.05) is 0 Å². The molecule has 0 aromatic carbocycles. The molecule has 0 unspecified atom stereocenters. The topological polar surface area (TPSA) is 99.9 Å². The average molecular weight is 299 g/mol. The Morgan fingerprint density at radius 3 is 2.57 bits per heavy atom. The van der Waals surface area contributed by atoms with Gasteiger partial charge in [-0.15, -0.1) is 0 Å². The standard InChI is InChI=1S/C12H12F3N5O/c13-12(14,15)6-21-10-7(2-1-3-18-10)4-8-5-19-11(17)20-9(8)16/h1-3,5H,4,6H2,(H4,16,17,19,20). The van der Waals surface area contributed by atoms with E-state index < -0.39 is 12.8 Å². The maximum atomic E-state index is 12.2. The number of hydrogen-bond acceptors (Lipinski definition) is 6. The monoisotopic (exact) mass is 299 g/mol. The molecule has 2 aromatic heterocycles. The molecule has 0 saturated carbocycles. The van der Waals surface area contributed by atoms with Crippen LogP contribution >= 0.6 is 0 Å². The first-order chi connectivity index (χ1) is 9.85. The molecule has 2 heterocycles. The summed E-state index contributed by atoms with van der Waals surface area (Å²) in [6.07, 6.45) is -1.48. The van der Waals surface area contributed by atoms with Crippen LogP contribution in [0.4, 0.5) is 24.9 Å². The van der Waals surface area contributed by atoms with Crippen LogP contribution in [0.2, 0.25) is 0 Å². The first kappa shape index (κ1) is 14.8. The molecule has 9 heteroatoms. The second kappa shape index (κ2) is 5.81. The Bertz CT molecular complexity index is 633. The van der Waals surface area contributed by atoms with E-state index in [0.717, 1.165) is 0 Å². The number of rotatable bonds is 4. The lowest BCUT2D eigenvalue weighted by Crippen LogP contribution is -2.20. The SMILES string of the molecule is Nc1ncc(Cc2cccnc2OCC(F)(F)F)c(N)n1. The van der Waals surface area contributed by atoms with Crippen molar-refractivity contribution in [3.8, 4) is 5.88 Å². The molecule has 6 nitrogen and oxygen atoms in total. The van der Waals surface area contributed by atoms with Gasteiger partial charge in [0, 0.05) is 29.9 Å². The van der Waals surface area contributed by atoms with E-state index in [1.54, 1.807) is 12.1 Å². The highest BCUT2D eigenvalue weighted by Crippen LogP contribution is 2.23. The summed E-state index contributed by atoms with van der Waals surface area (Å²) in [6.45, 7) is -1.41. The molecule has 21 heavy (non-hydrogen) atoms. The fraction of sp³-hybridized carbons (Fsp3) is 0.250. The minimum Gasteiger partial charge on any atom is -0.468 e. The van der Waals surface area contributed by atoms with Gasteiger partial charge in [0.15, 0.2) is 6.61 Å². The van der Waals surface area contributed by atoms with Gasteiger partial charge in [-0.3, -0.25) is 0 Å². The summed E-state index contributed by atoms with van der Waals surface area (Å²) in [6, 6.07) is 3.18. The third-order valence-electron chi connectivity index (χ3n) is 2.52. The Balaban J connectivity index is 2.20. The zero-order valence-electron chi connectivity index (χ0n) is 10.8. The van der Waals surface area contributed by atoms with Gasteiger partial charge >= 0.3 is 6.18 Å².